The minimum atomic E-state index is -0.513. The van der Waals surface area contributed by atoms with Gasteiger partial charge in [0.15, 0.2) is 0 Å². The lowest BCUT2D eigenvalue weighted by atomic mass is 10.2. The minimum absolute atomic E-state index is 0.201. The fourth-order valence-electron chi connectivity index (χ4n) is 1.61. The molecule has 0 aliphatic heterocycles. The second kappa shape index (κ2) is 7.04. The Morgan fingerprint density at radius 2 is 2.14 bits per heavy atom. The van der Waals surface area contributed by atoms with Crippen LogP contribution >= 0.6 is 0 Å². The van der Waals surface area contributed by atoms with Crippen LogP contribution in [0.3, 0.4) is 0 Å². The van der Waals surface area contributed by atoms with Gasteiger partial charge in [0.2, 0.25) is 0 Å². The zero-order chi connectivity index (χ0) is 15.1. The van der Waals surface area contributed by atoms with E-state index in [9.17, 15) is 4.39 Å². The topological polar surface area (TPSA) is 66.1 Å². The average Bonchev–Trinajstić information content (AvgIpc) is 2.52. The highest BCUT2D eigenvalue weighted by atomic mass is 19.1. The van der Waals surface area contributed by atoms with Crippen molar-refractivity contribution < 1.29 is 14.2 Å². The van der Waals surface area contributed by atoms with Crippen molar-refractivity contribution in [3.63, 3.8) is 0 Å². The number of nitriles is 1. The minimum Gasteiger partial charge on any atom is -0.489 e. The van der Waals surface area contributed by atoms with E-state index in [1.165, 1.54) is 18.3 Å². The molecule has 0 amide bonds. The van der Waals surface area contributed by atoms with E-state index in [0.29, 0.717) is 11.4 Å². The summed E-state index contributed by atoms with van der Waals surface area (Å²) in [5.74, 6) is 4.73. The van der Waals surface area contributed by atoms with Crippen molar-refractivity contribution in [2.75, 3.05) is 6.61 Å². The summed E-state index contributed by atoms with van der Waals surface area (Å²) >= 11 is 0. The summed E-state index contributed by atoms with van der Waals surface area (Å²) in [6.45, 7) is -0.112. The van der Waals surface area contributed by atoms with Gasteiger partial charge < -0.3 is 9.84 Å². The molecule has 0 aliphatic carbocycles. The lowest BCUT2D eigenvalue weighted by Crippen LogP contribution is -1.97. The van der Waals surface area contributed by atoms with E-state index in [1.54, 1.807) is 18.2 Å². The van der Waals surface area contributed by atoms with Crippen LogP contribution in [-0.2, 0) is 6.61 Å². The predicted octanol–water partition coefficient (Wildman–Crippen LogP) is 2.02. The van der Waals surface area contributed by atoms with E-state index in [2.05, 4.69) is 16.8 Å². The van der Waals surface area contributed by atoms with Crippen LogP contribution in [0.2, 0.25) is 0 Å². The second-order valence-corrected chi connectivity index (χ2v) is 4.05. The van der Waals surface area contributed by atoms with E-state index in [-0.39, 0.29) is 18.8 Å². The fourth-order valence-corrected chi connectivity index (χ4v) is 1.61. The van der Waals surface area contributed by atoms with Gasteiger partial charge >= 0.3 is 0 Å². The van der Waals surface area contributed by atoms with Gasteiger partial charge in [-0.2, -0.15) is 5.26 Å². The third kappa shape index (κ3) is 4.04. The molecule has 4 nitrogen and oxygen atoms in total. The van der Waals surface area contributed by atoms with Gasteiger partial charge in [-0.15, -0.1) is 0 Å². The van der Waals surface area contributed by atoms with Gasteiger partial charge in [0.05, 0.1) is 5.56 Å². The molecule has 0 saturated carbocycles. The van der Waals surface area contributed by atoms with E-state index in [0.717, 1.165) is 5.56 Å². The third-order valence-corrected chi connectivity index (χ3v) is 2.59. The molecule has 1 aromatic heterocycles. The first-order chi connectivity index (χ1) is 10.2. The molecule has 21 heavy (non-hydrogen) atoms. The summed E-state index contributed by atoms with van der Waals surface area (Å²) in [6, 6.07) is 9.58. The molecule has 0 saturated heterocycles. The Labute approximate surface area is 121 Å². The number of pyridine rings is 1. The Morgan fingerprint density at radius 3 is 2.86 bits per heavy atom. The molecule has 104 valence electrons. The van der Waals surface area contributed by atoms with Crippen molar-refractivity contribution in [3.05, 3.63) is 59.2 Å². The van der Waals surface area contributed by atoms with Crippen LogP contribution in [0.5, 0.6) is 5.75 Å². The molecule has 2 aromatic rings. The van der Waals surface area contributed by atoms with Gasteiger partial charge in [-0.05, 0) is 29.8 Å². The normalized spacial score (nSPS) is 9.38. The zero-order valence-corrected chi connectivity index (χ0v) is 11.0. The molecule has 0 radical (unpaired) electrons. The molecule has 1 heterocycles. The highest BCUT2D eigenvalue weighted by molar-refractivity contribution is 5.39. The molecule has 0 fully saturated rings. The molecule has 0 unspecified atom stereocenters. The second-order valence-electron chi connectivity index (χ2n) is 4.05. The maximum absolute atomic E-state index is 13.7. The molecule has 0 atom stereocenters. The summed E-state index contributed by atoms with van der Waals surface area (Å²) < 4.78 is 19.2. The maximum Gasteiger partial charge on any atom is 0.142 e. The number of hydrogen-bond donors (Lipinski definition) is 1. The van der Waals surface area contributed by atoms with Gasteiger partial charge in [-0.1, -0.05) is 11.8 Å². The van der Waals surface area contributed by atoms with Crippen molar-refractivity contribution in [2.45, 2.75) is 6.61 Å². The quantitative estimate of drug-likeness (QED) is 0.875. The molecule has 1 N–H and O–H groups in total. The monoisotopic (exact) mass is 282 g/mol. The summed E-state index contributed by atoms with van der Waals surface area (Å²) in [5, 5.41) is 17.3. The van der Waals surface area contributed by atoms with E-state index >= 15 is 0 Å². The van der Waals surface area contributed by atoms with Crippen molar-refractivity contribution in [3.8, 4) is 23.7 Å². The Hall–Kier alpha value is -2.89. The molecule has 1 aromatic carbocycles. The maximum atomic E-state index is 13.7. The summed E-state index contributed by atoms with van der Waals surface area (Å²) in [6.07, 6.45) is 1.52. The van der Waals surface area contributed by atoms with Gasteiger partial charge in [-0.3, -0.25) is 0 Å². The Bertz CT molecular complexity index is 742. The molecule has 2 rings (SSSR count). The number of hydrogen-bond acceptors (Lipinski definition) is 4. The SMILES string of the molecule is N#Cc1cc(COc2ccc(C#CCO)c(F)c2)ccn1. The first-order valence-electron chi connectivity index (χ1n) is 6.10. The number of aliphatic hydroxyl groups is 1. The number of rotatable bonds is 3. The third-order valence-electron chi connectivity index (χ3n) is 2.59. The molecule has 0 aliphatic rings. The summed E-state index contributed by atoms with van der Waals surface area (Å²) in [5.41, 5.74) is 1.27. The number of nitrogens with zero attached hydrogens (tertiary/aromatic N) is 2. The standard InChI is InChI=1S/C16H11FN2O2/c17-16-9-15(4-3-13(16)2-1-7-20)21-11-12-5-6-19-14(8-12)10-18/h3-6,8-9,20H,7,11H2. The van der Waals surface area contributed by atoms with Crippen LogP contribution in [0.1, 0.15) is 16.8 Å². The average molecular weight is 282 g/mol. The van der Waals surface area contributed by atoms with Crippen LogP contribution in [0, 0.1) is 29.0 Å². The van der Waals surface area contributed by atoms with Crippen LogP contribution in [0.25, 0.3) is 0 Å². The smallest absolute Gasteiger partial charge is 0.142 e. The Morgan fingerprint density at radius 1 is 1.29 bits per heavy atom. The number of aromatic nitrogens is 1. The largest absolute Gasteiger partial charge is 0.489 e. The number of aliphatic hydroxyl groups excluding tert-OH is 1. The number of halogens is 1. The van der Waals surface area contributed by atoms with Gasteiger partial charge in [-0.25, -0.2) is 9.37 Å². The molecule has 0 bridgehead atoms. The van der Waals surface area contributed by atoms with Gasteiger partial charge in [0.25, 0.3) is 0 Å². The Balaban J connectivity index is 2.07. The lowest BCUT2D eigenvalue weighted by molar-refractivity contribution is 0.304. The highest BCUT2D eigenvalue weighted by Crippen LogP contribution is 2.17. The molecular formula is C16H11FN2O2. The predicted molar refractivity (Wildman–Crippen MR) is 73.6 cm³/mol. The first kappa shape index (κ1) is 14.5. The van der Waals surface area contributed by atoms with Crippen LogP contribution in [0.15, 0.2) is 36.5 Å². The van der Waals surface area contributed by atoms with E-state index in [4.69, 9.17) is 15.1 Å². The molecule has 0 spiro atoms. The lowest BCUT2D eigenvalue weighted by Gasteiger charge is -2.07. The number of benzene rings is 1. The Kier molecular flexibility index (Phi) is 4.87. The highest BCUT2D eigenvalue weighted by Gasteiger charge is 2.03. The van der Waals surface area contributed by atoms with Crippen LogP contribution in [0.4, 0.5) is 4.39 Å². The van der Waals surface area contributed by atoms with E-state index in [1.807, 2.05) is 6.07 Å². The van der Waals surface area contributed by atoms with Crippen molar-refractivity contribution in [2.24, 2.45) is 0 Å². The fraction of sp³-hybridized carbons (Fsp3) is 0.125. The summed E-state index contributed by atoms with van der Waals surface area (Å²) in [7, 11) is 0. The van der Waals surface area contributed by atoms with Gasteiger partial charge in [0.1, 0.15) is 36.5 Å². The van der Waals surface area contributed by atoms with Crippen molar-refractivity contribution >= 4 is 0 Å². The summed E-state index contributed by atoms with van der Waals surface area (Å²) in [4.78, 5) is 3.85. The molecular weight excluding hydrogens is 271 g/mol. The zero-order valence-electron chi connectivity index (χ0n) is 11.0. The van der Waals surface area contributed by atoms with Crippen LogP contribution in [-0.4, -0.2) is 16.7 Å². The number of ether oxygens (including phenoxy) is 1. The van der Waals surface area contributed by atoms with Crippen LogP contribution < -0.4 is 4.74 Å². The van der Waals surface area contributed by atoms with E-state index < -0.39 is 5.82 Å². The van der Waals surface area contributed by atoms with Gasteiger partial charge in [0, 0.05) is 12.3 Å². The molecule has 5 heteroatoms. The van der Waals surface area contributed by atoms with Crippen molar-refractivity contribution in [1.29, 1.82) is 5.26 Å². The first-order valence-corrected chi connectivity index (χ1v) is 6.10. The van der Waals surface area contributed by atoms with Crippen molar-refractivity contribution in [1.82, 2.24) is 4.98 Å².